The minimum atomic E-state index is -0.616. The van der Waals surface area contributed by atoms with Gasteiger partial charge in [-0.1, -0.05) is 6.07 Å². The number of aromatic nitrogens is 4. The highest BCUT2D eigenvalue weighted by Gasteiger charge is 2.33. The molecule has 2 aliphatic rings. The van der Waals surface area contributed by atoms with Gasteiger partial charge in [0.1, 0.15) is 17.7 Å². The summed E-state index contributed by atoms with van der Waals surface area (Å²) in [4.78, 5) is 56.4. The zero-order chi connectivity index (χ0) is 25.4. The molecule has 4 heterocycles. The van der Waals surface area contributed by atoms with Gasteiger partial charge in [0.2, 0.25) is 5.91 Å². The van der Waals surface area contributed by atoms with Crippen molar-refractivity contribution in [3.8, 4) is 5.82 Å². The van der Waals surface area contributed by atoms with E-state index in [-0.39, 0.29) is 37.9 Å². The molecule has 1 atom stereocenters. The lowest BCUT2D eigenvalue weighted by Crippen LogP contribution is -2.33. The van der Waals surface area contributed by atoms with Gasteiger partial charge in [-0.2, -0.15) is 4.57 Å². The van der Waals surface area contributed by atoms with Gasteiger partial charge >= 0.3 is 17.5 Å². The minimum absolute atomic E-state index is 0.175. The fraction of sp³-hybridized carbons (Fsp3) is 0.348. The van der Waals surface area contributed by atoms with Gasteiger partial charge in [0.15, 0.2) is 0 Å². The zero-order valence-corrected chi connectivity index (χ0v) is 19.5. The predicted molar refractivity (Wildman–Crippen MR) is 127 cm³/mol. The number of cyclic esters (lactones) is 1. The number of nitrogens with zero attached hydrogens (tertiary/aromatic N) is 6. The number of fused-ring (bicyclic) bond motifs is 1. The van der Waals surface area contributed by atoms with E-state index in [1.54, 1.807) is 35.2 Å². The molecule has 2 amide bonds. The van der Waals surface area contributed by atoms with Crippen LogP contribution in [0.3, 0.4) is 0 Å². The molecule has 0 bridgehead atoms. The number of carbonyl (C=O) groups is 2. The highest BCUT2D eigenvalue weighted by Crippen LogP contribution is 2.28. The number of benzene rings is 1. The summed E-state index contributed by atoms with van der Waals surface area (Å²) in [7, 11) is 0. The first kappa shape index (κ1) is 23.3. The van der Waals surface area contributed by atoms with Crippen LogP contribution in [0.2, 0.25) is 0 Å². The van der Waals surface area contributed by atoms with Crippen molar-refractivity contribution in [2.75, 3.05) is 36.0 Å². The van der Waals surface area contributed by atoms with Gasteiger partial charge in [-0.15, -0.1) is 0 Å². The molecule has 13 heteroatoms. The first-order chi connectivity index (χ1) is 17.3. The number of hydrogen-bond acceptors (Lipinski definition) is 7. The molecule has 3 aromatic rings. The fourth-order valence-corrected chi connectivity index (χ4v) is 4.43. The summed E-state index contributed by atoms with van der Waals surface area (Å²) in [6, 6.07) is 9.41. The molecule has 0 radical (unpaired) electrons. The summed E-state index contributed by atoms with van der Waals surface area (Å²) in [6.07, 6.45) is 0.363. The molecule has 2 aromatic heterocycles. The van der Waals surface area contributed by atoms with E-state index in [1.807, 2.05) is 0 Å². The summed E-state index contributed by atoms with van der Waals surface area (Å²) in [5.41, 5.74) is -0.373. The third-order valence-corrected chi connectivity index (χ3v) is 6.19. The number of amides is 2. The van der Waals surface area contributed by atoms with Gasteiger partial charge in [-0.25, -0.2) is 33.1 Å². The lowest BCUT2D eigenvalue weighted by molar-refractivity contribution is -0.119. The topological polar surface area (TPSA) is 124 Å². The average Bonchev–Trinajstić information content (AvgIpc) is 3.23. The summed E-state index contributed by atoms with van der Waals surface area (Å²) < 4.78 is 24.1. The van der Waals surface area contributed by atoms with Crippen LogP contribution < -0.4 is 26.5 Å². The summed E-state index contributed by atoms with van der Waals surface area (Å²) >= 11 is 0. The Kier molecular flexibility index (Phi) is 6.04. The highest BCUT2D eigenvalue weighted by molar-refractivity contribution is 5.90. The quantitative estimate of drug-likeness (QED) is 0.538. The number of rotatable bonds is 5. The van der Waals surface area contributed by atoms with E-state index in [0.29, 0.717) is 24.5 Å². The van der Waals surface area contributed by atoms with Gasteiger partial charge in [-0.05, 0) is 30.3 Å². The highest BCUT2D eigenvalue weighted by atomic mass is 19.1. The van der Waals surface area contributed by atoms with Crippen molar-refractivity contribution in [3.63, 3.8) is 0 Å². The Morgan fingerprint density at radius 1 is 1.08 bits per heavy atom. The molecular formula is C23H24FN7O5. The monoisotopic (exact) mass is 497 g/mol. The standard InChI is InChI=1S/C23H24FN7O5/c1-15(32)26-13-17-14-28(23(35)36-17)16-5-6-19(18(24)12-16)27-8-10-29-21(33)31(20-4-2-3-7-25-20)22(34)30(29)11-9-27/h2-7,12,17H,8-11,13-14H2,1H3,(H,26,32)/t17-/m0/s1. The number of anilines is 2. The van der Waals surface area contributed by atoms with Crippen molar-refractivity contribution in [2.24, 2.45) is 0 Å². The second-order valence-electron chi connectivity index (χ2n) is 8.51. The molecule has 0 saturated carbocycles. The molecule has 1 aromatic carbocycles. The number of ether oxygens (including phenoxy) is 1. The van der Waals surface area contributed by atoms with Gasteiger partial charge in [-0.3, -0.25) is 9.69 Å². The molecule has 0 aliphatic carbocycles. The van der Waals surface area contributed by atoms with Crippen molar-refractivity contribution in [1.29, 1.82) is 0 Å². The normalized spacial score (nSPS) is 17.5. The first-order valence-electron chi connectivity index (χ1n) is 11.4. The first-order valence-corrected chi connectivity index (χ1v) is 11.4. The fourth-order valence-electron chi connectivity index (χ4n) is 4.43. The smallest absolute Gasteiger partial charge is 0.414 e. The van der Waals surface area contributed by atoms with Crippen LogP contribution >= 0.6 is 0 Å². The molecule has 1 saturated heterocycles. The van der Waals surface area contributed by atoms with E-state index in [0.717, 1.165) is 4.57 Å². The molecule has 1 fully saturated rings. The van der Waals surface area contributed by atoms with Gasteiger partial charge in [0, 0.05) is 26.2 Å². The second kappa shape index (κ2) is 9.32. The van der Waals surface area contributed by atoms with Crippen molar-refractivity contribution >= 4 is 23.4 Å². The summed E-state index contributed by atoms with van der Waals surface area (Å²) in [6.45, 7) is 2.68. The molecule has 1 N–H and O–H groups in total. The molecule has 0 spiro atoms. The zero-order valence-electron chi connectivity index (χ0n) is 19.5. The van der Waals surface area contributed by atoms with Crippen molar-refractivity contribution in [3.05, 3.63) is 69.4 Å². The van der Waals surface area contributed by atoms with Crippen LogP contribution in [0.4, 0.5) is 20.6 Å². The maximum Gasteiger partial charge on any atom is 0.414 e. The molecule has 12 nitrogen and oxygen atoms in total. The van der Waals surface area contributed by atoms with Crippen molar-refractivity contribution in [2.45, 2.75) is 26.1 Å². The van der Waals surface area contributed by atoms with Gasteiger partial charge in [0.05, 0.1) is 37.6 Å². The van der Waals surface area contributed by atoms with Crippen LogP contribution in [0.25, 0.3) is 5.82 Å². The molecule has 0 unspecified atom stereocenters. The largest absolute Gasteiger partial charge is 0.442 e. The van der Waals surface area contributed by atoms with Crippen LogP contribution in [-0.4, -0.2) is 63.2 Å². The predicted octanol–water partition coefficient (Wildman–Crippen LogP) is 0.316. The Morgan fingerprint density at radius 3 is 2.42 bits per heavy atom. The van der Waals surface area contributed by atoms with E-state index >= 15 is 4.39 Å². The number of pyridine rings is 1. The van der Waals surface area contributed by atoms with E-state index in [9.17, 15) is 19.2 Å². The van der Waals surface area contributed by atoms with E-state index in [1.165, 1.54) is 33.5 Å². The second-order valence-corrected chi connectivity index (χ2v) is 8.51. The average molecular weight is 497 g/mol. The number of nitrogens with one attached hydrogen (secondary N) is 1. The van der Waals surface area contributed by atoms with Gasteiger partial charge < -0.3 is 15.0 Å². The van der Waals surface area contributed by atoms with Gasteiger partial charge in [0.25, 0.3) is 0 Å². The maximum absolute atomic E-state index is 15.2. The molecule has 188 valence electrons. The van der Waals surface area contributed by atoms with E-state index in [2.05, 4.69) is 10.3 Å². The summed E-state index contributed by atoms with van der Waals surface area (Å²) in [5.74, 6) is -0.531. The number of hydrogen-bond donors (Lipinski definition) is 1. The Morgan fingerprint density at radius 2 is 1.81 bits per heavy atom. The number of carbonyl (C=O) groups excluding carboxylic acids is 2. The van der Waals surface area contributed by atoms with Crippen LogP contribution in [0, 0.1) is 5.82 Å². The lowest BCUT2D eigenvalue weighted by atomic mass is 10.2. The minimum Gasteiger partial charge on any atom is -0.442 e. The number of halogens is 1. The Bertz CT molecular complexity index is 1390. The van der Waals surface area contributed by atoms with Crippen molar-refractivity contribution < 1.29 is 18.7 Å². The van der Waals surface area contributed by atoms with Crippen molar-refractivity contribution in [1.82, 2.24) is 24.2 Å². The van der Waals surface area contributed by atoms with Crippen LogP contribution in [0.5, 0.6) is 0 Å². The third kappa shape index (κ3) is 4.23. The Balaban J connectivity index is 1.32. The third-order valence-electron chi connectivity index (χ3n) is 6.19. The van der Waals surface area contributed by atoms with E-state index in [4.69, 9.17) is 4.74 Å². The molecular weight excluding hydrogens is 473 g/mol. The molecule has 36 heavy (non-hydrogen) atoms. The molecule has 5 rings (SSSR count). The SMILES string of the molecule is CC(=O)NC[C@H]1CN(c2ccc(N3CCn4c(=O)n(-c5ccccn5)c(=O)n4CC3)c(F)c2)C(=O)O1. The van der Waals surface area contributed by atoms with Crippen LogP contribution in [-0.2, 0) is 22.6 Å². The maximum atomic E-state index is 15.2. The van der Waals surface area contributed by atoms with Crippen LogP contribution in [0.1, 0.15) is 6.92 Å². The summed E-state index contributed by atoms with van der Waals surface area (Å²) in [5, 5.41) is 2.60. The Labute approximate surface area is 204 Å². The molecule has 2 aliphatic heterocycles. The van der Waals surface area contributed by atoms with Crippen LogP contribution in [0.15, 0.2) is 52.2 Å². The van der Waals surface area contributed by atoms with E-state index < -0.39 is 29.4 Å². The lowest BCUT2D eigenvalue weighted by Gasteiger charge is -2.23. The Hall–Kier alpha value is -4.42.